The van der Waals surface area contributed by atoms with Crippen molar-refractivity contribution in [1.29, 1.82) is 0 Å². The molecule has 0 saturated heterocycles. The highest BCUT2D eigenvalue weighted by atomic mass is 16.6. The van der Waals surface area contributed by atoms with Gasteiger partial charge in [-0.25, -0.2) is 0 Å². The lowest BCUT2D eigenvalue weighted by molar-refractivity contribution is 0.187. The molecule has 0 aromatic rings. The van der Waals surface area contributed by atoms with Crippen molar-refractivity contribution < 1.29 is 14.2 Å². The molecule has 2 heterocycles. The van der Waals surface area contributed by atoms with Crippen LogP contribution in [0.25, 0.3) is 0 Å². The van der Waals surface area contributed by atoms with E-state index >= 15 is 0 Å². The Balaban J connectivity index is 1.85. The fourth-order valence-electron chi connectivity index (χ4n) is 1.44. The van der Waals surface area contributed by atoms with Gasteiger partial charge in [0.2, 0.25) is 0 Å². The van der Waals surface area contributed by atoms with Crippen LogP contribution in [0, 0.1) is 0 Å². The lowest BCUT2D eigenvalue weighted by atomic mass is 10.2. The Bertz CT molecular complexity index is 229. The zero-order valence-electron chi connectivity index (χ0n) is 7.95. The van der Waals surface area contributed by atoms with E-state index in [-0.39, 0.29) is 12.2 Å². The fraction of sp³-hybridized carbons (Fsp3) is 0.600. The topological polar surface area (TPSA) is 27.7 Å². The maximum atomic E-state index is 5.59. The lowest BCUT2D eigenvalue weighted by Crippen LogP contribution is -1.99. The van der Waals surface area contributed by atoms with Gasteiger partial charge in [-0.2, -0.15) is 0 Å². The molecule has 2 rings (SSSR count). The van der Waals surface area contributed by atoms with E-state index in [1.165, 1.54) is 0 Å². The summed E-state index contributed by atoms with van der Waals surface area (Å²) >= 11 is 0. The van der Waals surface area contributed by atoms with E-state index in [1.54, 1.807) is 12.5 Å². The van der Waals surface area contributed by atoms with Gasteiger partial charge in [0.25, 0.3) is 0 Å². The molecule has 0 saturated carbocycles. The van der Waals surface area contributed by atoms with Crippen LogP contribution in [0.5, 0.6) is 0 Å². The molecule has 0 aromatic carbocycles. The van der Waals surface area contributed by atoms with Crippen molar-refractivity contribution in [3.63, 3.8) is 0 Å². The number of ether oxygens (including phenoxy) is 3. The van der Waals surface area contributed by atoms with E-state index in [9.17, 15) is 0 Å². The predicted octanol–water partition coefficient (Wildman–Crippen LogP) is 2.30. The van der Waals surface area contributed by atoms with E-state index in [1.807, 2.05) is 13.8 Å². The molecule has 0 aliphatic carbocycles. The monoisotopic (exact) mass is 182 g/mol. The second-order valence-corrected chi connectivity index (χ2v) is 3.57. The van der Waals surface area contributed by atoms with Crippen molar-refractivity contribution in [2.75, 3.05) is 0 Å². The molecule has 13 heavy (non-hydrogen) atoms. The van der Waals surface area contributed by atoms with Crippen molar-refractivity contribution in [3.8, 4) is 0 Å². The summed E-state index contributed by atoms with van der Waals surface area (Å²) in [4.78, 5) is 0. The second kappa shape index (κ2) is 3.32. The summed E-state index contributed by atoms with van der Waals surface area (Å²) < 4.78 is 16.1. The number of hydrogen-bond acceptors (Lipinski definition) is 3. The van der Waals surface area contributed by atoms with Crippen LogP contribution >= 0.6 is 0 Å². The molecular weight excluding hydrogens is 168 g/mol. The minimum atomic E-state index is 0.246. The maximum Gasteiger partial charge on any atom is 0.142 e. The standard InChI is InChI=1S/C10H14O3/c1-7-3-9(5-11-7)13-10-4-8(2)12-6-10/h5-8H,3-4H2,1-2H3. The zero-order chi connectivity index (χ0) is 9.26. The van der Waals surface area contributed by atoms with Crippen molar-refractivity contribution >= 4 is 0 Å². The quantitative estimate of drug-likeness (QED) is 0.655. The molecule has 2 aliphatic heterocycles. The third-order valence-corrected chi connectivity index (χ3v) is 2.10. The Morgan fingerprint density at radius 2 is 1.54 bits per heavy atom. The first-order valence-corrected chi connectivity index (χ1v) is 4.61. The van der Waals surface area contributed by atoms with Crippen LogP contribution in [0.3, 0.4) is 0 Å². The molecule has 0 fully saturated rings. The molecule has 0 spiro atoms. The molecule has 0 amide bonds. The van der Waals surface area contributed by atoms with E-state index < -0.39 is 0 Å². The molecule has 0 radical (unpaired) electrons. The molecule has 2 atom stereocenters. The molecule has 0 aromatic heterocycles. The van der Waals surface area contributed by atoms with Crippen molar-refractivity contribution in [3.05, 3.63) is 24.0 Å². The van der Waals surface area contributed by atoms with Crippen molar-refractivity contribution in [1.82, 2.24) is 0 Å². The van der Waals surface area contributed by atoms with Crippen molar-refractivity contribution in [2.45, 2.75) is 38.9 Å². The fourth-order valence-corrected chi connectivity index (χ4v) is 1.44. The van der Waals surface area contributed by atoms with E-state index in [2.05, 4.69) is 0 Å². The molecule has 0 bridgehead atoms. The first-order chi connectivity index (χ1) is 6.24. The number of hydrogen-bond donors (Lipinski definition) is 0. The SMILES string of the molecule is CC1CC(OC2=COC(C)C2)=CO1. The summed E-state index contributed by atoms with van der Waals surface area (Å²) in [6.45, 7) is 4.05. The van der Waals surface area contributed by atoms with Crippen LogP contribution in [-0.2, 0) is 14.2 Å². The summed E-state index contributed by atoms with van der Waals surface area (Å²) in [6.07, 6.45) is 5.58. The molecule has 3 heteroatoms. The van der Waals surface area contributed by atoms with Crippen LogP contribution < -0.4 is 0 Å². The number of rotatable bonds is 2. The Hall–Kier alpha value is -1.12. The third-order valence-electron chi connectivity index (χ3n) is 2.10. The molecule has 3 nitrogen and oxygen atoms in total. The molecule has 72 valence electrons. The smallest absolute Gasteiger partial charge is 0.142 e. The summed E-state index contributed by atoms with van der Waals surface area (Å²) in [5, 5.41) is 0. The van der Waals surface area contributed by atoms with E-state index in [0.29, 0.717) is 0 Å². The van der Waals surface area contributed by atoms with Gasteiger partial charge in [-0.15, -0.1) is 0 Å². The van der Waals surface area contributed by atoms with Crippen LogP contribution in [0.15, 0.2) is 24.0 Å². The lowest BCUT2D eigenvalue weighted by Gasteiger charge is -2.05. The van der Waals surface area contributed by atoms with Gasteiger partial charge in [-0.1, -0.05) is 0 Å². The van der Waals surface area contributed by atoms with Gasteiger partial charge in [0.05, 0.1) is 0 Å². The average molecular weight is 182 g/mol. The Morgan fingerprint density at radius 3 is 1.85 bits per heavy atom. The van der Waals surface area contributed by atoms with Crippen LogP contribution in [0.2, 0.25) is 0 Å². The minimum Gasteiger partial charge on any atom is -0.494 e. The predicted molar refractivity (Wildman–Crippen MR) is 47.6 cm³/mol. The summed E-state index contributed by atoms with van der Waals surface area (Å²) in [5.74, 6) is 1.80. The average Bonchev–Trinajstić information content (AvgIpc) is 2.62. The summed E-state index contributed by atoms with van der Waals surface area (Å²) in [5.41, 5.74) is 0. The van der Waals surface area contributed by atoms with Gasteiger partial charge in [0.15, 0.2) is 0 Å². The van der Waals surface area contributed by atoms with Gasteiger partial charge < -0.3 is 14.2 Å². The van der Waals surface area contributed by atoms with Gasteiger partial charge in [0.1, 0.15) is 36.3 Å². The molecule has 0 N–H and O–H groups in total. The van der Waals surface area contributed by atoms with Crippen LogP contribution in [0.4, 0.5) is 0 Å². The zero-order valence-corrected chi connectivity index (χ0v) is 7.95. The first kappa shape index (κ1) is 8.48. The first-order valence-electron chi connectivity index (χ1n) is 4.61. The maximum absolute atomic E-state index is 5.59. The molecule has 2 aliphatic rings. The van der Waals surface area contributed by atoms with E-state index in [0.717, 1.165) is 24.4 Å². The Kier molecular flexibility index (Phi) is 2.17. The van der Waals surface area contributed by atoms with Gasteiger partial charge in [-0.3, -0.25) is 0 Å². The van der Waals surface area contributed by atoms with Gasteiger partial charge in [0, 0.05) is 12.8 Å². The van der Waals surface area contributed by atoms with Crippen LogP contribution in [0.1, 0.15) is 26.7 Å². The van der Waals surface area contributed by atoms with E-state index in [4.69, 9.17) is 14.2 Å². The second-order valence-electron chi connectivity index (χ2n) is 3.57. The molecular formula is C10H14O3. The largest absolute Gasteiger partial charge is 0.494 e. The highest BCUT2D eigenvalue weighted by Gasteiger charge is 2.20. The van der Waals surface area contributed by atoms with Gasteiger partial charge >= 0.3 is 0 Å². The highest BCUT2D eigenvalue weighted by Crippen LogP contribution is 2.26. The molecule has 2 unspecified atom stereocenters. The Labute approximate surface area is 78.0 Å². The Morgan fingerprint density at radius 1 is 1.08 bits per heavy atom. The normalized spacial score (nSPS) is 31.8. The highest BCUT2D eigenvalue weighted by molar-refractivity contribution is 5.05. The summed E-state index contributed by atoms with van der Waals surface area (Å²) in [6, 6.07) is 0. The summed E-state index contributed by atoms with van der Waals surface area (Å²) in [7, 11) is 0. The third kappa shape index (κ3) is 1.97. The van der Waals surface area contributed by atoms with Crippen molar-refractivity contribution in [2.24, 2.45) is 0 Å². The minimum absolute atomic E-state index is 0.246. The van der Waals surface area contributed by atoms with Crippen LogP contribution in [-0.4, -0.2) is 12.2 Å². The van der Waals surface area contributed by atoms with Gasteiger partial charge in [-0.05, 0) is 13.8 Å².